The minimum absolute atomic E-state index is 0.101. The molecule has 1 N–H and O–H groups in total. The van der Waals surface area contributed by atoms with Crippen LogP contribution in [-0.4, -0.2) is 27.4 Å². The van der Waals surface area contributed by atoms with Gasteiger partial charge in [0.25, 0.3) is 0 Å². The second-order valence-electron chi connectivity index (χ2n) is 5.29. The molecule has 1 saturated carbocycles. The molecule has 17 heavy (non-hydrogen) atoms. The van der Waals surface area contributed by atoms with E-state index in [0.29, 0.717) is 12.0 Å². The zero-order chi connectivity index (χ0) is 11.8. The number of hydrogen-bond acceptors (Lipinski definition) is 3. The fourth-order valence-corrected chi connectivity index (χ4v) is 2.58. The van der Waals surface area contributed by atoms with Gasteiger partial charge in [-0.1, -0.05) is 0 Å². The van der Waals surface area contributed by atoms with Gasteiger partial charge < -0.3 is 5.32 Å². The van der Waals surface area contributed by atoms with Gasteiger partial charge in [-0.05, 0) is 38.6 Å². The molecule has 1 aliphatic carbocycles. The van der Waals surface area contributed by atoms with Gasteiger partial charge in [0.15, 0.2) is 0 Å². The molecule has 2 aliphatic rings. The highest BCUT2D eigenvalue weighted by Gasteiger charge is 2.25. The molecule has 0 radical (unpaired) electrons. The molecule has 1 aromatic rings. The van der Waals surface area contributed by atoms with Crippen LogP contribution in [0.5, 0.6) is 0 Å². The molecule has 1 atom stereocenters. The minimum atomic E-state index is 0.101. The van der Waals surface area contributed by atoms with Crippen molar-refractivity contribution in [3.63, 3.8) is 0 Å². The summed E-state index contributed by atoms with van der Waals surface area (Å²) in [6.45, 7) is 1.64. The number of nitrogens with zero attached hydrogens (tertiary/aromatic N) is 3. The zero-order valence-electron chi connectivity index (χ0n) is 10.4. The molecule has 94 valence electrons. The van der Waals surface area contributed by atoms with Crippen molar-refractivity contribution >= 4 is 0 Å². The van der Waals surface area contributed by atoms with E-state index in [1.165, 1.54) is 12.8 Å². The Hall–Kier alpha value is -1.10. The molecule has 3 rings (SSSR count). The largest absolute Gasteiger partial charge is 0.345 e. The van der Waals surface area contributed by atoms with Gasteiger partial charge in [-0.3, -0.25) is 4.57 Å². The van der Waals surface area contributed by atoms with Gasteiger partial charge in [0.2, 0.25) is 0 Å². The van der Waals surface area contributed by atoms with Crippen LogP contribution in [0.4, 0.5) is 0 Å². The van der Waals surface area contributed by atoms with E-state index in [9.17, 15) is 4.79 Å². The SMILES string of the molecule is CNC1CCc2nn(CC3CC3)c(=O)n2CC1. The van der Waals surface area contributed by atoms with Crippen molar-refractivity contribution in [3.05, 3.63) is 16.3 Å². The summed E-state index contributed by atoms with van der Waals surface area (Å²) >= 11 is 0. The van der Waals surface area contributed by atoms with Crippen molar-refractivity contribution in [2.75, 3.05) is 7.05 Å². The Morgan fingerprint density at radius 2 is 2.18 bits per heavy atom. The lowest BCUT2D eigenvalue weighted by Crippen LogP contribution is -2.29. The van der Waals surface area contributed by atoms with Crippen LogP contribution < -0.4 is 11.0 Å². The number of aromatic nitrogens is 3. The van der Waals surface area contributed by atoms with Crippen LogP contribution in [0.2, 0.25) is 0 Å². The Balaban J connectivity index is 1.82. The summed E-state index contributed by atoms with van der Waals surface area (Å²) in [6, 6.07) is 0.521. The highest BCUT2D eigenvalue weighted by Crippen LogP contribution is 2.29. The van der Waals surface area contributed by atoms with Gasteiger partial charge in [-0.2, -0.15) is 5.10 Å². The molecular formula is C12H20N4O. The predicted octanol–water partition coefficient (Wildman–Crippen LogP) is 0.379. The van der Waals surface area contributed by atoms with Crippen molar-refractivity contribution < 1.29 is 0 Å². The van der Waals surface area contributed by atoms with Crippen molar-refractivity contribution in [2.24, 2.45) is 5.92 Å². The Kier molecular flexibility index (Phi) is 2.78. The van der Waals surface area contributed by atoms with E-state index in [1.54, 1.807) is 4.68 Å². The average molecular weight is 236 g/mol. The third-order valence-electron chi connectivity index (χ3n) is 3.95. The molecule has 0 bridgehead atoms. The van der Waals surface area contributed by atoms with E-state index in [2.05, 4.69) is 10.4 Å². The number of rotatable bonds is 3. The lowest BCUT2D eigenvalue weighted by Gasteiger charge is -2.11. The molecule has 0 spiro atoms. The quantitative estimate of drug-likeness (QED) is 0.825. The first-order chi connectivity index (χ1) is 8.28. The zero-order valence-corrected chi connectivity index (χ0v) is 10.4. The van der Waals surface area contributed by atoms with Gasteiger partial charge in [0, 0.05) is 25.6 Å². The van der Waals surface area contributed by atoms with E-state index in [-0.39, 0.29) is 5.69 Å². The van der Waals surface area contributed by atoms with E-state index in [4.69, 9.17) is 0 Å². The Morgan fingerprint density at radius 3 is 2.88 bits per heavy atom. The lowest BCUT2D eigenvalue weighted by atomic mass is 10.1. The second kappa shape index (κ2) is 4.29. The molecule has 5 heteroatoms. The first kappa shape index (κ1) is 11.0. The fourth-order valence-electron chi connectivity index (χ4n) is 2.58. The molecule has 1 aliphatic heterocycles. The maximum Gasteiger partial charge on any atom is 0.345 e. The number of aryl methyl sites for hydroxylation is 1. The molecule has 0 aromatic carbocycles. The van der Waals surface area contributed by atoms with Crippen LogP contribution in [0, 0.1) is 5.92 Å². The summed E-state index contributed by atoms with van der Waals surface area (Å²) in [4.78, 5) is 12.2. The van der Waals surface area contributed by atoms with E-state index in [0.717, 1.165) is 38.2 Å². The lowest BCUT2D eigenvalue weighted by molar-refractivity contribution is 0.466. The highest BCUT2D eigenvalue weighted by molar-refractivity contribution is 4.93. The maximum atomic E-state index is 12.2. The van der Waals surface area contributed by atoms with Crippen molar-refractivity contribution in [1.82, 2.24) is 19.7 Å². The minimum Gasteiger partial charge on any atom is -0.317 e. The summed E-state index contributed by atoms with van der Waals surface area (Å²) in [5, 5.41) is 7.79. The molecule has 0 saturated heterocycles. The third-order valence-corrected chi connectivity index (χ3v) is 3.95. The maximum absolute atomic E-state index is 12.2. The summed E-state index contributed by atoms with van der Waals surface area (Å²) in [5.41, 5.74) is 0.101. The van der Waals surface area contributed by atoms with Gasteiger partial charge >= 0.3 is 5.69 Å². The van der Waals surface area contributed by atoms with Gasteiger partial charge in [0.05, 0.1) is 0 Å². The van der Waals surface area contributed by atoms with Crippen LogP contribution in [0.1, 0.15) is 31.5 Å². The first-order valence-corrected chi connectivity index (χ1v) is 6.61. The molecule has 1 unspecified atom stereocenters. The molecule has 1 fully saturated rings. The van der Waals surface area contributed by atoms with E-state index in [1.807, 2.05) is 11.6 Å². The van der Waals surface area contributed by atoms with Crippen LogP contribution in [0.3, 0.4) is 0 Å². The topological polar surface area (TPSA) is 51.9 Å². The van der Waals surface area contributed by atoms with Gasteiger partial charge in [-0.15, -0.1) is 0 Å². The Bertz CT molecular complexity index is 458. The second-order valence-corrected chi connectivity index (χ2v) is 5.29. The first-order valence-electron chi connectivity index (χ1n) is 6.61. The monoisotopic (exact) mass is 236 g/mol. The van der Waals surface area contributed by atoms with Crippen molar-refractivity contribution in [1.29, 1.82) is 0 Å². The Morgan fingerprint density at radius 1 is 1.35 bits per heavy atom. The standard InChI is InChI=1S/C12H20N4O/c1-13-10-4-5-11-14-16(8-9-2-3-9)12(17)15(11)7-6-10/h9-10,13H,2-8H2,1H3. The smallest absolute Gasteiger partial charge is 0.317 e. The van der Waals surface area contributed by atoms with Crippen LogP contribution in [0.25, 0.3) is 0 Å². The number of fused-ring (bicyclic) bond motifs is 1. The number of hydrogen-bond donors (Lipinski definition) is 1. The average Bonchev–Trinajstić information content (AvgIpc) is 3.11. The van der Waals surface area contributed by atoms with E-state index < -0.39 is 0 Å². The van der Waals surface area contributed by atoms with Crippen LogP contribution in [0.15, 0.2) is 4.79 Å². The summed E-state index contributed by atoms with van der Waals surface area (Å²) < 4.78 is 3.56. The molecule has 5 nitrogen and oxygen atoms in total. The summed E-state index contributed by atoms with van der Waals surface area (Å²) in [5.74, 6) is 1.69. The van der Waals surface area contributed by atoms with Crippen LogP contribution >= 0.6 is 0 Å². The molecule has 1 aromatic heterocycles. The number of nitrogens with one attached hydrogen (secondary N) is 1. The van der Waals surface area contributed by atoms with Crippen molar-refractivity contribution in [3.8, 4) is 0 Å². The normalized spacial score (nSPS) is 24.4. The van der Waals surface area contributed by atoms with Crippen molar-refractivity contribution in [2.45, 2.75) is 51.2 Å². The third kappa shape index (κ3) is 2.16. The summed E-state index contributed by atoms with van der Waals surface area (Å²) in [7, 11) is 1.99. The van der Waals surface area contributed by atoms with Gasteiger partial charge in [0.1, 0.15) is 5.82 Å². The van der Waals surface area contributed by atoms with Gasteiger partial charge in [-0.25, -0.2) is 9.48 Å². The molecule has 0 amide bonds. The van der Waals surface area contributed by atoms with E-state index >= 15 is 0 Å². The predicted molar refractivity (Wildman–Crippen MR) is 65.0 cm³/mol. The van der Waals surface area contributed by atoms with Crippen LogP contribution in [-0.2, 0) is 19.5 Å². The summed E-state index contributed by atoms with van der Waals surface area (Å²) in [6.07, 6.45) is 5.54. The Labute approximate surface area is 101 Å². The fraction of sp³-hybridized carbons (Fsp3) is 0.833. The highest BCUT2D eigenvalue weighted by atomic mass is 16.2. The molecular weight excluding hydrogens is 216 g/mol. The molecule has 2 heterocycles.